The summed E-state index contributed by atoms with van der Waals surface area (Å²) in [5.41, 5.74) is 1.48. The van der Waals surface area contributed by atoms with Crippen LogP contribution in [0.3, 0.4) is 0 Å². The topological polar surface area (TPSA) is 0 Å². The molecule has 25 heavy (non-hydrogen) atoms. The highest BCUT2D eigenvalue weighted by Gasteiger charge is 2.27. The number of unbranched alkanes of at least 4 members (excludes halogenated alkanes) is 9. The van der Waals surface area contributed by atoms with E-state index in [4.69, 9.17) is 0 Å². The van der Waals surface area contributed by atoms with E-state index < -0.39 is 0 Å². The standard InChI is InChI=1S/C23H42N.ClH/c1-5-7-8-9-10-11-12-13-14-18-21-24(4,6-2)22(3)23-19-16-15-17-20-23;/h15-17,19-20,22H,5-14,18,21H2,1-4H3;1H/q+1;/p-1. The Morgan fingerprint density at radius 1 is 0.760 bits per heavy atom. The number of benzene rings is 1. The Labute approximate surface area is 164 Å². The van der Waals surface area contributed by atoms with Gasteiger partial charge in [-0.15, -0.1) is 0 Å². The molecule has 0 aliphatic carbocycles. The van der Waals surface area contributed by atoms with Gasteiger partial charge in [-0.3, -0.25) is 0 Å². The Hall–Kier alpha value is -0.530. The van der Waals surface area contributed by atoms with Crippen LogP contribution in [-0.4, -0.2) is 24.6 Å². The van der Waals surface area contributed by atoms with Crippen molar-refractivity contribution < 1.29 is 16.9 Å². The molecule has 0 bridgehead atoms. The summed E-state index contributed by atoms with van der Waals surface area (Å²) in [6.45, 7) is 9.56. The van der Waals surface area contributed by atoms with Gasteiger partial charge in [0.25, 0.3) is 0 Å². The fourth-order valence-electron chi connectivity index (χ4n) is 3.68. The summed E-state index contributed by atoms with van der Waals surface area (Å²) in [4.78, 5) is 0. The molecule has 1 nitrogen and oxygen atoms in total. The number of nitrogens with zero attached hydrogens (tertiary/aromatic N) is 1. The molecular formula is C23H42ClN. The third-order valence-electron chi connectivity index (χ3n) is 5.96. The first-order chi connectivity index (χ1) is 11.6. The third kappa shape index (κ3) is 9.66. The lowest BCUT2D eigenvalue weighted by Gasteiger charge is -2.39. The van der Waals surface area contributed by atoms with Crippen molar-refractivity contribution in [2.24, 2.45) is 0 Å². The van der Waals surface area contributed by atoms with E-state index in [2.05, 4.69) is 58.2 Å². The van der Waals surface area contributed by atoms with Crippen LogP contribution in [0.2, 0.25) is 0 Å². The maximum absolute atomic E-state index is 2.44. The van der Waals surface area contributed by atoms with Gasteiger partial charge in [-0.05, 0) is 26.7 Å². The van der Waals surface area contributed by atoms with E-state index in [9.17, 15) is 0 Å². The quantitative estimate of drug-likeness (QED) is 0.342. The molecule has 0 saturated heterocycles. The molecule has 0 aromatic heterocycles. The van der Waals surface area contributed by atoms with E-state index >= 15 is 0 Å². The van der Waals surface area contributed by atoms with E-state index in [0.717, 1.165) is 0 Å². The predicted molar refractivity (Wildman–Crippen MR) is 108 cm³/mol. The van der Waals surface area contributed by atoms with Crippen molar-refractivity contribution in [2.45, 2.75) is 91.0 Å². The van der Waals surface area contributed by atoms with Gasteiger partial charge >= 0.3 is 0 Å². The van der Waals surface area contributed by atoms with Gasteiger partial charge in [0.05, 0.1) is 20.1 Å². The molecule has 1 aromatic carbocycles. The Balaban J connectivity index is 0.00000576. The minimum absolute atomic E-state index is 0. The molecule has 146 valence electrons. The zero-order valence-electron chi connectivity index (χ0n) is 17.3. The molecule has 0 N–H and O–H groups in total. The van der Waals surface area contributed by atoms with Gasteiger partial charge in [-0.25, -0.2) is 0 Å². The smallest absolute Gasteiger partial charge is 0.112 e. The van der Waals surface area contributed by atoms with Crippen molar-refractivity contribution in [3.05, 3.63) is 35.9 Å². The third-order valence-corrected chi connectivity index (χ3v) is 5.96. The maximum atomic E-state index is 2.44. The molecule has 1 rings (SSSR count). The molecule has 2 atom stereocenters. The van der Waals surface area contributed by atoms with Crippen LogP contribution in [0.1, 0.15) is 96.6 Å². The molecule has 0 heterocycles. The van der Waals surface area contributed by atoms with Gasteiger partial charge in [-0.2, -0.15) is 0 Å². The molecule has 0 aliphatic rings. The van der Waals surface area contributed by atoms with Crippen molar-refractivity contribution in [3.63, 3.8) is 0 Å². The molecule has 2 heteroatoms. The zero-order chi connectivity index (χ0) is 17.7. The lowest BCUT2D eigenvalue weighted by molar-refractivity contribution is -0.936. The summed E-state index contributed by atoms with van der Waals surface area (Å²) in [5.74, 6) is 0. The van der Waals surface area contributed by atoms with E-state index in [1.807, 2.05) is 0 Å². The van der Waals surface area contributed by atoms with Gasteiger partial charge in [0, 0.05) is 5.56 Å². The van der Waals surface area contributed by atoms with Crippen LogP contribution in [0.25, 0.3) is 0 Å². The molecular weight excluding hydrogens is 326 g/mol. The minimum atomic E-state index is 0. The summed E-state index contributed by atoms with van der Waals surface area (Å²) in [5, 5.41) is 0. The van der Waals surface area contributed by atoms with Crippen LogP contribution in [0.5, 0.6) is 0 Å². The fourth-order valence-corrected chi connectivity index (χ4v) is 3.68. The van der Waals surface area contributed by atoms with Crippen LogP contribution < -0.4 is 12.4 Å². The second kappa shape index (κ2) is 14.6. The van der Waals surface area contributed by atoms with Gasteiger partial charge < -0.3 is 16.9 Å². The van der Waals surface area contributed by atoms with Crippen molar-refractivity contribution in [1.29, 1.82) is 0 Å². The predicted octanol–water partition coefficient (Wildman–Crippen LogP) is 4.14. The highest BCUT2D eigenvalue weighted by molar-refractivity contribution is 5.16. The Bertz CT molecular complexity index is 406. The van der Waals surface area contributed by atoms with Crippen LogP contribution in [0.4, 0.5) is 0 Å². The highest BCUT2D eigenvalue weighted by Crippen LogP contribution is 2.27. The van der Waals surface area contributed by atoms with E-state index in [1.165, 1.54) is 87.3 Å². The molecule has 2 unspecified atom stereocenters. The van der Waals surface area contributed by atoms with E-state index in [-0.39, 0.29) is 12.4 Å². The molecule has 0 spiro atoms. The van der Waals surface area contributed by atoms with Crippen LogP contribution >= 0.6 is 0 Å². The Kier molecular flexibility index (Phi) is 14.3. The number of rotatable bonds is 14. The van der Waals surface area contributed by atoms with Crippen molar-refractivity contribution in [3.8, 4) is 0 Å². The highest BCUT2D eigenvalue weighted by atomic mass is 35.5. The van der Waals surface area contributed by atoms with Crippen molar-refractivity contribution in [1.82, 2.24) is 0 Å². The summed E-state index contributed by atoms with van der Waals surface area (Å²) in [6, 6.07) is 11.6. The summed E-state index contributed by atoms with van der Waals surface area (Å²) >= 11 is 0. The first-order valence-corrected chi connectivity index (χ1v) is 10.5. The van der Waals surface area contributed by atoms with Crippen LogP contribution in [0.15, 0.2) is 30.3 Å². The van der Waals surface area contributed by atoms with Gasteiger partial charge in [0.15, 0.2) is 0 Å². The number of hydrogen-bond acceptors (Lipinski definition) is 0. The summed E-state index contributed by atoms with van der Waals surface area (Å²) in [7, 11) is 2.44. The maximum Gasteiger partial charge on any atom is 0.112 e. The lowest BCUT2D eigenvalue weighted by atomic mass is 10.0. The molecule has 1 aromatic rings. The molecule has 0 radical (unpaired) electrons. The Morgan fingerprint density at radius 2 is 1.24 bits per heavy atom. The lowest BCUT2D eigenvalue weighted by Crippen LogP contribution is -3.00. The largest absolute Gasteiger partial charge is 1.00 e. The van der Waals surface area contributed by atoms with Crippen molar-refractivity contribution >= 4 is 0 Å². The molecule has 0 amide bonds. The first-order valence-electron chi connectivity index (χ1n) is 10.5. The first kappa shape index (κ1) is 24.5. The van der Waals surface area contributed by atoms with E-state index in [0.29, 0.717) is 6.04 Å². The molecule has 0 saturated carbocycles. The number of hydrogen-bond donors (Lipinski definition) is 0. The Morgan fingerprint density at radius 3 is 1.72 bits per heavy atom. The fraction of sp³-hybridized carbons (Fsp3) is 0.739. The molecule has 0 fully saturated rings. The average Bonchev–Trinajstić information content (AvgIpc) is 2.63. The second-order valence-electron chi connectivity index (χ2n) is 7.79. The number of quaternary nitrogens is 1. The monoisotopic (exact) mass is 367 g/mol. The van der Waals surface area contributed by atoms with Gasteiger partial charge in [0.2, 0.25) is 0 Å². The van der Waals surface area contributed by atoms with E-state index in [1.54, 1.807) is 0 Å². The van der Waals surface area contributed by atoms with Crippen LogP contribution in [-0.2, 0) is 0 Å². The van der Waals surface area contributed by atoms with Gasteiger partial charge in [-0.1, -0.05) is 88.6 Å². The van der Waals surface area contributed by atoms with Crippen LogP contribution in [0, 0.1) is 0 Å². The van der Waals surface area contributed by atoms with Crippen molar-refractivity contribution in [2.75, 3.05) is 20.1 Å². The SMILES string of the molecule is CCCCCCCCCCCC[N+](C)(CC)C(C)c1ccccc1.[Cl-]. The minimum Gasteiger partial charge on any atom is -1.00 e. The number of halogens is 1. The summed E-state index contributed by atoms with van der Waals surface area (Å²) in [6.07, 6.45) is 14.2. The average molecular weight is 368 g/mol. The second-order valence-corrected chi connectivity index (χ2v) is 7.79. The zero-order valence-corrected chi connectivity index (χ0v) is 18.0. The summed E-state index contributed by atoms with van der Waals surface area (Å²) < 4.78 is 1.17. The molecule has 0 aliphatic heterocycles. The van der Waals surface area contributed by atoms with Gasteiger partial charge in [0.1, 0.15) is 6.04 Å². The normalized spacial score (nSPS) is 14.6.